The number of carbonyl (C=O) groups is 1. The van der Waals surface area contributed by atoms with Crippen molar-refractivity contribution in [2.24, 2.45) is 5.92 Å². The van der Waals surface area contributed by atoms with Crippen molar-refractivity contribution in [3.8, 4) is 5.19 Å². The zero-order valence-electron chi connectivity index (χ0n) is 15.1. The molecule has 1 amide bonds. The molecule has 0 spiro atoms. The third-order valence-corrected chi connectivity index (χ3v) is 5.92. The standard InChI is InChI=1S/C18H16ClF3N4O2S/c1-8(14-6-23-17(29-14)28-7-18(20,21)22)24-16(27)11-5-10(11)15-25-12-3-2-9(19)4-13(12)26-15/h2-4,6,8,10-11H,5,7H2,1H3,(H,24,27)(H,25,26)/t8-,10-,11-/m1/s1. The van der Waals surface area contributed by atoms with Crippen molar-refractivity contribution < 1.29 is 22.7 Å². The molecule has 0 radical (unpaired) electrons. The molecule has 2 aromatic heterocycles. The van der Waals surface area contributed by atoms with Crippen LogP contribution >= 0.6 is 22.9 Å². The smallest absolute Gasteiger partial charge is 0.422 e. The van der Waals surface area contributed by atoms with Gasteiger partial charge in [-0.25, -0.2) is 9.97 Å². The average molecular weight is 445 g/mol. The molecular formula is C18H16ClF3N4O2S. The Kier molecular flexibility index (Phi) is 5.16. The largest absolute Gasteiger partial charge is 0.460 e. The average Bonchev–Trinajstić information content (AvgIpc) is 3.11. The van der Waals surface area contributed by atoms with Crippen LogP contribution in [0.1, 0.15) is 36.0 Å². The van der Waals surface area contributed by atoms with E-state index in [2.05, 4.69) is 25.0 Å². The van der Waals surface area contributed by atoms with E-state index in [1.54, 1.807) is 19.1 Å². The molecule has 1 saturated carbocycles. The fourth-order valence-electron chi connectivity index (χ4n) is 3.04. The number of carbonyl (C=O) groups excluding carboxylic acids is 1. The van der Waals surface area contributed by atoms with Crippen LogP contribution in [0.25, 0.3) is 11.0 Å². The minimum atomic E-state index is -4.42. The number of imidazole rings is 1. The quantitative estimate of drug-likeness (QED) is 0.582. The van der Waals surface area contributed by atoms with E-state index >= 15 is 0 Å². The van der Waals surface area contributed by atoms with Crippen molar-refractivity contribution in [1.29, 1.82) is 0 Å². The number of aromatic amines is 1. The van der Waals surface area contributed by atoms with Crippen molar-refractivity contribution in [3.63, 3.8) is 0 Å². The lowest BCUT2D eigenvalue weighted by Crippen LogP contribution is -2.28. The summed E-state index contributed by atoms with van der Waals surface area (Å²) in [5.41, 5.74) is 1.61. The Balaban J connectivity index is 1.34. The summed E-state index contributed by atoms with van der Waals surface area (Å²) in [6.45, 7) is 0.354. The molecular weight excluding hydrogens is 429 g/mol. The van der Waals surface area contributed by atoms with E-state index in [4.69, 9.17) is 11.6 Å². The van der Waals surface area contributed by atoms with Crippen molar-refractivity contribution in [1.82, 2.24) is 20.3 Å². The monoisotopic (exact) mass is 444 g/mol. The molecule has 3 atom stereocenters. The summed E-state index contributed by atoms with van der Waals surface area (Å²) in [5, 5.41) is 3.40. The maximum atomic E-state index is 12.5. The van der Waals surface area contributed by atoms with Gasteiger partial charge < -0.3 is 15.0 Å². The van der Waals surface area contributed by atoms with Crippen molar-refractivity contribution in [2.45, 2.75) is 31.5 Å². The molecule has 4 rings (SSSR count). The van der Waals surface area contributed by atoms with Crippen molar-refractivity contribution in [2.75, 3.05) is 6.61 Å². The van der Waals surface area contributed by atoms with Gasteiger partial charge in [0.15, 0.2) is 6.61 Å². The molecule has 1 fully saturated rings. The molecule has 3 aromatic rings. The van der Waals surface area contributed by atoms with Gasteiger partial charge in [0.25, 0.3) is 5.19 Å². The molecule has 1 aliphatic rings. The Labute approximate surface area is 172 Å². The first-order chi connectivity index (χ1) is 13.7. The Morgan fingerprint density at radius 1 is 1.48 bits per heavy atom. The number of H-pyrrole nitrogens is 1. The first-order valence-electron chi connectivity index (χ1n) is 8.80. The van der Waals surface area contributed by atoms with Crippen molar-refractivity contribution >= 4 is 39.9 Å². The Bertz CT molecular complexity index is 1050. The number of ether oxygens (including phenoxy) is 1. The molecule has 29 heavy (non-hydrogen) atoms. The minimum absolute atomic E-state index is 0.000478. The van der Waals surface area contributed by atoms with Gasteiger partial charge in [-0.2, -0.15) is 13.2 Å². The first-order valence-corrected chi connectivity index (χ1v) is 10.00. The third kappa shape index (κ3) is 4.64. The van der Waals surface area contributed by atoms with Gasteiger partial charge in [-0.05, 0) is 31.5 Å². The summed E-state index contributed by atoms with van der Waals surface area (Å²) in [5.74, 6) is 0.408. The van der Waals surface area contributed by atoms with E-state index in [9.17, 15) is 18.0 Å². The van der Waals surface area contributed by atoms with E-state index in [1.807, 2.05) is 6.07 Å². The van der Waals surface area contributed by atoms with Crippen LogP contribution < -0.4 is 10.1 Å². The fraction of sp³-hybridized carbons (Fsp3) is 0.389. The van der Waals surface area contributed by atoms with Gasteiger partial charge in [-0.15, -0.1) is 0 Å². The number of nitrogens with one attached hydrogen (secondary N) is 2. The number of fused-ring (bicyclic) bond motifs is 1. The predicted octanol–water partition coefficient (Wildman–Crippen LogP) is 4.59. The van der Waals surface area contributed by atoms with E-state index in [-0.39, 0.29) is 29.0 Å². The van der Waals surface area contributed by atoms with Gasteiger partial charge in [0.05, 0.1) is 22.0 Å². The number of hydrogen-bond acceptors (Lipinski definition) is 5. The lowest BCUT2D eigenvalue weighted by Gasteiger charge is -2.11. The molecule has 0 bridgehead atoms. The highest BCUT2D eigenvalue weighted by Gasteiger charge is 2.46. The number of amides is 1. The zero-order valence-corrected chi connectivity index (χ0v) is 16.7. The number of alkyl halides is 3. The molecule has 6 nitrogen and oxygen atoms in total. The second kappa shape index (κ2) is 7.49. The molecule has 154 valence electrons. The normalized spacial score (nSPS) is 19.9. The third-order valence-electron chi connectivity index (χ3n) is 4.59. The van der Waals surface area contributed by atoms with Crippen LogP contribution in [0.15, 0.2) is 24.4 Å². The SMILES string of the molecule is C[C@@H](NC(=O)[C@@H]1C[C@H]1c1nc2ccc(Cl)cc2[nH]1)c1cnc(OCC(F)(F)F)s1. The minimum Gasteiger partial charge on any atom is -0.460 e. The maximum absolute atomic E-state index is 12.5. The van der Waals surface area contributed by atoms with Gasteiger partial charge >= 0.3 is 6.18 Å². The Hall–Kier alpha value is -2.33. The highest BCUT2D eigenvalue weighted by atomic mass is 35.5. The van der Waals surface area contributed by atoms with E-state index in [0.717, 1.165) is 28.2 Å². The molecule has 2 heterocycles. The molecule has 1 aliphatic carbocycles. The summed E-state index contributed by atoms with van der Waals surface area (Å²) in [6.07, 6.45) is -2.34. The molecule has 1 aromatic carbocycles. The number of thiazole rings is 1. The number of benzene rings is 1. The maximum Gasteiger partial charge on any atom is 0.422 e. The van der Waals surface area contributed by atoms with Gasteiger partial charge in [0.2, 0.25) is 5.91 Å². The summed E-state index contributed by atoms with van der Waals surface area (Å²) in [7, 11) is 0. The number of aromatic nitrogens is 3. The first kappa shape index (κ1) is 20.0. The predicted molar refractivity (Wildman–Crippen MR) is 102 cm³/mol. The number of nitrogens with zero attached hydrogens (tertiary/aromatic N) is 2. The van der Waals surface area contributed by atoms with E-state index in [1.165, 1.54) is 6.20 Å². The zero-order chi connectivity index (χ0) is 20.8. The van der Waals surface area contributed by atoms with E-state index < -0.39 is 12.8 Å². The highest BCUT2D eigenvalue weighted by Crippen LogP contribution is 2.47. The lowest BCUT2D eigenvalue weighted by molar-refractivity contribution is -0.153. The van der Waals surface area contributed by atoms with Crippen LogP contribution in [0.3, 0.4) is 0 Å². The summed E-state index contributed by atoms with van der Waals surface area (Å²) in [4.78, 5) is 24.7. The van der Waals surface area contributed by atoms with Crippen LogP contribution in [-0.4, -0.2) is 33.6 Å². The lowest BCUT2D eigenvalue weighted by atomic mass is 10.2. The molecule has 0 unspecified atom stereocenters. The molecule has 2 N–H and O–H groups in total. The second-order valence-electron chi connectivity index (χ2n) is 6.89. The van der Waals surface area contributed by atoms with Crippen LogP contribution in [0, 0.1) is 5.92 Å². The van der Waals surface area contributed by atoms with Crippen LogP contribution in [0.2, 0.25) is 5.02 Å². The topological polar surface area (TPSA) is 79.9 Å². The molecule has 0 saturated heterocycles. The van der Waals surface area contributed by atoms with Gasteiger partial charge in [0.1, 0.15) is 5.82 Å². The highest BCUT2D eigenvalue weighted by molar-refractivity contribution is 7.13. The summed E-state index contributed by atoms with van der Waals surface area (Å²) in [6, 6.07) is 4.97. The molecule has 0 aliphatic heterocycles. The van der Waals surface area contributed by atoms with Gasteiger partial charge in [-0.1, -0.05) is 22.9 Å². The number of rotatable bonds is 6. The molecule has 11 heteroatoms. The second-order valence-corrected chi connectivity index (χ2v) is 8.36. The Morgan fingerprint density at radius 3 is 3.03 bits per heavy atom. The van der Waals surface area contributed by atoms with Gasteiger partial charge in [-0.3, -0.25) is 4.79 Å². The summed E-state index contributed by atoms with van der Waals surface area (Å²) >= 11 is 6.96. The van der Waals surface area contributed by atoms with Crippen LogP contribution in [0.4, 0.5) is 13.2 Å². The van der Waals surface area contributed by atoms with Crippen LogP contribution in [-0.2, 0) is 4.79 Å². The van der Waals surface area contributed by atoms with Crippen molar-refractivity contribution in [3.05, 3.63) is 40.1 Å². The van der Waals surface area contributed by atoms with Crippen LogP contribution in [0.5, 0.6) is 5.19 Å². The Morgan fingerprint density at radius 2 is 2.28 bits per heavy atom. The summed E-state index contributed by atoms with van der Waals surface area (Å²) < 4.78 is 41.3. The fourth-order valence-corrected chi connectivity index (χ4v) is 3.97. The number of hydrogen-bond donors (Lipinski definition) is 2. The number of halogens is 4. The van der Waals surface area contributed by atoms with Gasteiger partial charge in [0, 0.05) is 23.1 Å². The van der Waals surface area contributed by atoms with E-state index in [0.29, 0.717) is 16.3 Å².